The fraction of sp³-hybridized carbons (Fsp3) is 0.176. The van der Waals surface area contributed by atoms with Crippen molar-refractivity contribution in [3.05, 3.63) is 69.8 Å². The maximum Gasteiger partial charge on any atom is 0.234 e. The molecular formula is C17H15O2. The van der Waals surface area contributed by atoms with Crippen LogP contribution in [0.25, 0.3) is 0 Å². The first-order valence-corrected chi connectivity index (χ1v) is 6.15. The highest BCUT2D eigenvalue weighted by atomic mass is 16.1. The van der Waals surface area contributed by atoms with Gasteiger partial charge in [0.05, 0.1) is 0 Å². The Bertz CT molecular complexity index is 640. The summed E-state index contributed by atoms with van der Waals surface area (Å²) >= 11 is 0. The van der Waals surface area contributed by atoms with Crippen molar-refractivity contribution in [3.63, 3.8) is 0 Å². The largest absolute Gasteiger partial charge is 0.289 e. The molecule has 2 rings (SSSR count). The second kappa shape index (κ2) is 5.19. The summed E-state index contributed by atoms with van der Waals surface area (Å²) in [5.74, 6) is -0.0490. The minimum absolute atomic E-state index is 0.0490. The van der Waals surface area contributed by atoms with E-state index in [1.807, 2.05) is 44.4 Å². The third kappa shape index (κ3) is 2.34. The Morgan fingerprint density at radius 3 is 2.21 bits per heavy atom. The van der Waals surface area contributed by atoms with Gasteiger partial charge in [0.25, 0.3) is 0 Å². The van der Waals surface area contributed by atoms with E-state index in [-0.39, 0.29) is 5.78 Å². The standard InChI is InChI=1S/C17H15O2/c1-11-9-12(2)16(13(3)15(11)10-18)17(19)14-7-5-4-6-8-14/h4-9H,1-3H3. The van der Waals surface area contributed by atoms with Gasteiger partial charge in [-0.3, -0.25) is 9.59 Å². The van der Waals surface area contributed by atoms with Crippen molar-refractivity contribution >= 4 is 12.1 Å². The number of ketones is 1. The molecule has 0 saturated heterocycles. The average Bonchev–Trinajstić information content (AvgIpc) is 2.39. The molecule has 0 N–H and O–H groups in total. The van der Waals surface area contributed by atoms with Crippen LogP contribution in [0.15, 0.2) is 36.4 Å². The summed E-state index contributed by atoms with van der Waals surface area (Å²) in [5, 5.41) is 0. The Morgan fingerprint density at radius 1 is 1.00 bits per heavy atom. The topological polar surface area (TPSA) is 34.1 Å². The van der Waals surface area contributed by atoms with Gasteiger partial charge in [0.15, 0.2) is 5.78 Å². The lowest BCUT2D eigenvalue weighted by Gasteiger charge is -2.13. The molecule has 0 atom stereocenters. The van der Waals surface area contributed by atoms with Crippen molar-refractivity contribution in [2.24, 2.45) is 0 Å². The molecule has 0 spiro atoms. The molecule has 2 heteroatoms. The van der Waals surface area contributed by atoms with E-state index in [1.54, 1.807) is 19.1 Å². The van der Waals surface area contributed by atoms with E-state index in [4.69, 9.17) is 0 Å². The van der Waals surface area contributed by atoms with Crippen LogP contribution in [0.5, 0.6) is 0 Å². The van der Waals surface area contributed by atoms with Gasteiger partial charge in [-0.2, -0.15) is 0 Å². The van der Waals surface area contributed by atoms with Crippen LogP contribution in [0.1, 0.15) is 38.2 Å². The predicted molar refractivity (Wildman–Crippen MR) is 75.3 cm³/mol. The smallest absolute Gasteiger partial charge is 0.234 e. The lowest BCUT2D eigenvalue weighted by Crippen LogP contribution is -2.09. The highest BCUT2D eigenvalue weighted by Crippen LogP contribution is 2.23. The van der Waals surface area contributed by atoms with Gasteiger partial charge in [0.1, 0.15) is 0 Å². The fourth-order valence-electron chi connectivity index (χ4n) is 2.43. The first kappa shape index (κ1) is 13.2. The van der Waals surface area contributed by atoms with Gasteiger partial charge in [-0.05, 0) is 37.5 Å². The molecule has 0 aliphatic carbocycles. The summed E-state index contributed by atoms with van der Waals surface area (Å²) in [6.45, 7) is 5.55. The Morgan fingerprint density at radius 2 is 1.63 bits per heavy atom. The third-order valence-corrected chi connectivity index (χ3v) is 3.34. The number of hydrogen-bond acceptors (Lipinski definition) is 2. The molecule has 0 aromatic heterocycles. The molecule has 0 amide bonds. The molecule has 0 aliphatic heterocycles. The number of benzene rings is 2. The van der Waals surface area contributed by atoms with Crippen molar-refractivity contribution in [2.75, 3.05) is 0 Å². The molecule has 0 aliphatic rings. The van der Waals surface area contributed by atoms with E-state index >= 15 is 0 Å². The van der Waals surface area contributed by atoms with Crippen molar-refractivity contribution in [1.29, 1.82) is 0 Å². The van der Waals surface area contributed by atoms with Crippen molar-refractivity contribution in [2.45, 2.75) is 20.8 Å². The van der Waals surface area contributed by atoms with Crippen LogP contribution >= 0.6 is 0 Å². The summed E-state index contributed by atoms with van der Waals surface area (Å²) in [4.78, 5) is 23.6. The van der Waals surface area contributed by atoms with Crippen molar-refractivity contribution < 1.29 is 9.59 Å². The summed E-state index contributed by atoms with van der Waals surface area (Å²) in [6, 6.07) is 11.0. The van der Waals surface area contributed by atoms with E-state index in [0.29, 0.717) is 22.3 Å². The van der Waals surface area contributed by atoms with E-state index in [9.17, 15) is 9.59 Å². The molecule has 2 nitrogen and oxygen atoms in total. The quantitative estimate of drug-likeness (QED) is 0.784. The Labute approximate surface area is 113 Å². The Balaban J connectivity index is 2.63. The summed E-state index contributed by atoms with van der Waals surface area (Å²) in [7, 11) is 0. The SMILES string of the molecule is Cc1cc(C)c(C(=O)c2ccccc2)c(C)c1[C]=O. The molecule has 19 heavy (non-hydrogen) atoms. The second-order valence-corrected chi connectivity index (χ2v) is 4.68. The molecule has 2 aromatic rings. The van der Waals surface area contributed by atoms with Crippen LogP contribution in [-0.2, 0) is 4.79 Å². The monoisotopic (exact) mass is 251 g/mol. The van der Waals surface area contributed by atoms with Gasteiger partial charge in [0, 0.05) is 16.7 Å². The summed E-state index contributed by atoms with van der Waals surface area (Å²) in [5.41, 5.74) is 4.19. The maximum absolute atomic E-state index is 12.5. The Kier molecular flexibility index (Phi) is 3.61. The minimum atomic E-state index is -0.0490. The highest BCUT2D eigenvalue weighted by Gasteiger charge is 2.18. The zero-order chi connectivity index (χ0) is 14.0. The predicted octanol–water partition coefficient (Wildman–Crippen LogP) is 3.30. The van der Waals surface area contributed by atoms with E-state index in [2.05, 4.69) is 0 Å². The van der Waals surface area contributed by atoms with Crippen molar-refractivity contribution in [1.82, 2.24) is 0 Å². The molecule has 95 valence electrons. The first-order valence-electron chi connectivity index (χ1n) is 6.15. The number of rotatable bonds is 3. The van der Waals surface area contributed by atoms with Gasteiger partial charge < -0.3 is 0 Å². The molecule has 2 aromatic carbocycles. The van der Waals surface area contributed by atoms with Crippen LogP contribution in [0.4, 0.5) is 0 Å². The number of aryl methyl sites for hydroxylation is 2. The number of carbonyl (C=O) groups is 1. The molecule has 0 unspecified atom stereocenters. The van der Waals surface area contributed by atoms with Crippen LogP contribution < -0.4 is 0 Å². The van der Waals surface area contributed by atoms with Gasteiger partial charge in [-0.15, -0.1) is 0 Å². The van der Waals surface area contributed by atoms with Crippen molar-refractivity contribution in [3.8, 4) is 0 Å². The van der Waals surface area contributed by atoms with Crippen LogP contribution in [-0.4, -0.2) is 12.1 Å². The molecular weight excluding hydrogens is 236 g/mol. The summed E-state index contributed by atoms with van der Waals surface area (Å²) in [6.07, 6.45) is 1.94. The summed E-state index contributed by atoms with van der Waals surface area (Å²) < 4.78 is 0. The molecule has 0 bridgehead atoms. The van der Waals surface area contributed by atoms with Gasteiger partial charge >= 0.3 is 0 Å². The van der Waals surface area contributed by atoms with Gasteiger partial charge in [-0.25, -0.2) is 0 Å². The third-order valence-electron chi connectivity index (χ3n) is 3.34. The van der Waals surface area contributed by atoms with Crippen LogP contribution in [0.3, 0.4) is 0 Å². The lowest BCUT2D eigenvalue weighted by molar-refractivity contribution is 0.103. The average molecular weight is 251 g/mol. The first-order chi connectivity index (χ1) is 9.06. The van der Waals surface area contributed by atoms with Gasteiger partial charge in [-0.1, -0.05) is 36.4 Å². The minimum Gasteiger partial charge on any atom is -0.289 e. The van der Waals surface area contributed by atoms with Crippen LogP contribution in [0, 0.1) is 20.8 Å². The Hall–Kier alpha value is -2.22. The molecule has 1 radical (unpaired) electrons. The van der Waals surface area contributed by atoms with Crippen LogP contribution in [0.2, 0.25) is 0 Å². The maximum atomic E-state index is 12.5. The van der Waals surface area contributed by atoms with E-state index in [1.165, 1.54) is 0 Å². The fourth-order valence-corrected chi connectivity index (χ4v) is 2.43. The van der Waals surface area contributed by atoms with E-state index < -0.39 is 0 Å². The lowest BCUT2D eigenvalue weighted by atomic mass is 9.89. The second-order valence-electron chi connectivity index (χ2n) is 4.68. The van der Waals surface area contributed by atoms with Gasteiger partial charge in [0.2, 0.25) is 6.29 Å². The van der Waals surface area contributed by atoms with E-state index in [0.717, 1.165) is 11.1 Å². The molecule has 0 saturated carbocycles. The zero-order valence-corrected chi connectivity index (χ0v) is 11.3. The normalized spacial score (nSPS) is 10.3. The highest BCUT2D eigenvalue weighted by molar-refractivity contribution is 6.11. The molecule has 0 fully saturated rings. The number of carbonyl (C=O) groups excluding carboxylic acids is 2. The zero-order valence-electron chi connectivity index (χ0n) is 11.3. The number of hydrogen-bond donors (Lipinski definition) is 0. The molecule has 0 heterocycles.